The van der Waals surface area contributed by atoms with E-state index in [0.29, 0.717) is 12.1 Å². The second-order valence-corrected chi connectivity index (χ2v) is 7.95. The molecular weight excluding hydrogens is 468 g/mol. The summed E-state index contributed by atoms with van der Waals surface area (Å²) in [5.74, 6) is -2.15. The van der Waals surface area contributed by atoms with Crippen molar-refractivity contribution < 1.29 is 28.7 Å². The highest BCUT2D eigenvalue weighted by atomic mass is 16.5. The molecule has 36 heavy (non-hydrogen) atoms. The second kappa shape index (κ2) is 17.7. The van der Waals surface area contributed by atoms with Crippen molar-refractivity contribution in [2.45, 2.75) is 66.2 Å². The van der Waals surface area contributed by atoms with Gasteiger partial charge in [-0.25, -0.2) is 4.79 Å². The van der Waals surface area contributed by atoms with Crippen LogP contribution in [0.15, 0.2) is 24.3 Å². The van der Waals surface area contributed by atoms with Gasteiger partial charge in [0.05, 0.1) is 6.54 Å². The van der Waals surface area contributed by atoms with Crippen molar-refractivity contribution >= 4 is 35.4 Å². The van der Waals surface area contributed by atoms with Crippen molar-refractivity contribution in [2.24, 2.45) is 17.4 Å². The Morgan fingerprint density at radius 2 is 1.58 bits per heavy atom. The number of ether oxygens (including phenoxy) is 1. The number of hydrogen-bond acceptors (Lipinski definition) is 7. The number of primary amides is 1. The van der Waals surface area contributed by atoms with E-state index in [4.69, 9.17) is 16.2 Å². The van der Waals surface area contributed by atoms with Gasteiger partial charge in [0, 0.05) is 19.2 Å². The number of carbonyl (C=O) groups excluding carboxylic acids is 5. The molecule has 12 nitrogen and oxygen atoms in total. The van der Waals surface area contributed by atoms with Crippen molar-refractivity contribution in [2.75, 3.05) is 18.4 Å². The molecule has 0 spiro atoms. The van der Waals surface area contributed by atoms with Gasteiger partial charge >= 0.3 is 12.0 Å². The Balaban J connectivity index is 0.00000596. The molecule has 1 aromatic carbocycles. The van der Waals surface area contributed by atoms with Crippen LogP contribution in [-0.4, -0.2) is 54.9 Å². The summed E-state index contributed by atoms with van der Waals surface area (Å²) in [5.41, 5.74) is 11.6. The maximum absolute atomic E-state index is 12.9. The van der Waals surface area contributed by atoms with Gasteiger partial charge in [-0.15, -0.1) is 0 Å². The second-order valence-electron chi connectivity index (χ2n) is 7.95. The van der Waals surface area contributed by atoms with Crippen molar-refractivity contribution in [1.82, 2.24) is 16.0 Å². The molecule has 0 aliphatic rings. The zero-order valence-corrected chi connectivity index (χ0v) is 21.7. The molecule has 0 fully saturated rings. The summed E-state index contributed by atoms with van der Waals surface area (Å²) in [7, 11) is 0. The molecule has 0 saturated carbocycles. The fraction of sp³-hybridized carbons (Fsp3) is 0.542. The number of hydrogen-bond donors (Lipinski definition) is 6. The predicted octanol–water partition coefficient (Wildman–Crippen LogP) is 0.747. The van der Waals surface area contributed by atoms with Crippen LogP contribution in [0.5, 0.6) is 0 Å². The molecule has 0 aliphatic carbocycles. The highest BCUT2D eigenvalue weighted by Gasteiger charge is 2.28. The monoisotopic (exact) mass is 508 g/mol. The number of nitrogens with two attached hydrogens (primary N) is 2. The van der Waals surface area contributed by atoms with E-state index in [1.165, 1.54) is 6.92 Å². The molecule has 0 bridgehead atoms. The number of nitrogens with one attached hydrogen (secondary N) is 4. The van der Waals surface area contributed by atoms with Crippen LogP contribution in [0.25, 0.3) is 0 Å². The topological polar surface area (TPSA) is 195 Å². The predicted molar refractivity (Wildman–Crippen MR) is 136 cm³/mol. The van der Waals surface area contributed by atoms with E-state index in [9.17, 15) is 24.0 Å². The fourth-order valence-corrected chi connectivity index (χ4v) is 2.91. The van der Waals surface area contributed by atoms with Crippen LogP contribution in [-0.2, 0) is 30.5 Å². The Kier molecular flexibility index (Phi) is 15.9. The fourth-order valence-electron chi connectivity index (χ4n) is 2.91. The number of rotatable bonds is 13. The van der Waals surface area contributed by atoms with Crippen molar-refractivity contribution in [3.63, 3.8) is 0 Å². The lowest BCUT2D eigenvalue weighted by molar-refractivity contribution is -0.142. The van der Waals surface area contributed by atoms with Crippen LogP contribution in [0.1, 0.15) is 53.0 Å². The van der Waals surface area contributed by atoms with Gasteiger partial charge in [0.2, 0.25) is 17.7 Å². The third-order valence-corrected chi connectivity index (χ3v) is 4.72. The van der Waals surface area contributed by atoms with Crippen LogP contribution in [0, 0.1) is 5.92 Å². The molecule has 2 unspecified atom stereocenters. The van der Waals surface area contributed by atoms with E-state index in [0.717, 1.165) is 5.56 Å². The average molecular weight is 509 g/mol. The number of benzene rings is 1. The lowest BCUT2D eigenvalue weighted by Crippen LogP contribution is -2.55. The number of urea groups is 1. The van der Waals surface area contributed by atoms with Gasteiger partial charge in [-0.2, -0.15) is 0 Å². The molecule has 5 amide bonds. The van der Waals surface area contributed by atoms with E-state index in [1.54, 1.807) is 38.1 Å². The molecule has 0 heterocycles. The van der Waals surface area contributed by atoms with Gasteiger partial charge in [0.15, 0.2) is 0 Å². The van der Waals surface area contributed by atoms with Crippen LogP contribution in [0.4, 0.5) is 10.5 Å². The molecule has 1 rings (SSSR count). The van der Waals surface area contributed by atoms with E-state index in [-0.39, 0.29) is 32.0 Å². The Hall–Kier alpha value is -3.67. The summed E-state index contributed by atoms with van der Waals surface area (Å²) >= 11 is 0. The summed E-state index contributed by atoms with van der Waals surface area (Å²) in [5, 5.41) is 10.4. The SMILES string of the molecule is CC.CC(=O)OCc1ccc(NC(=O)C(CCCNC(N)=O)NC(=O)C(NC(=O)CN)C(C)C)cc1. The van der Waals surface area contributed by atoms with E-state index >= 15 is 0 Å². The van der Waals surface area contributed by atoms with Gasteiger partial charge < -0.3 is 37.5 Å². The number of anilines is 1. The maximum atomic E-state index is 12.9. The Morgan fingerprint density at radius 3 is 2.08 bits per heavy atom. The molecule has 12 heteroatoms. The third-order valence-electron chi connectivity index (χ3n) is 4.72. The number of amides is 5. The molecule has 0 aliphatic heterocycles. The minimum atomic E-state index is -0.945. The first-order valence-electron chi connectivity index (χ1n) is 11.9. The number of carbonyl (C=O) groups is 5. The normalized spacial score (nSPS) is 11.8. The molecular formula is C24H40N6O6. The van der Waals surface area contributed by atoms with Gasteiger partial charge in [0.25, 0.3) is 0 Å². The first-order valence-corrected chi connectivity index (χ1v) is 11.9. The Labute approximate surface area is 212 Å². The quantitative estimate of drug-likeness (QED) is 0.167. The smallest absolute Gasteiger partial charge is 0.312 e. The van der Waals surface area contributed by atoms with Crippen molar-refractivity contribution in [3.8, 4) is 0 Å². The van der Waals surface area contributed by atoms with Crippen LogP contribution < -0.4 is 32.7 Å². The molecule has 8 N–H and O–H groups in total. The van der Waals surface area contributed by atoms with Gasteiger partial charge in [-0.05, 0) is 36.5 Å². The van der Waals surface area contributed by atoms with Gasteiger partial charge in [-0.3, -0.25) is 19.2 Å². The summed E-state index contributed by atoms with van der Waals surface area (Å²) in [6.45, 7) is 8.88. The van der Waals surface area contributed by atoms with E-state index in [1.807, 2.05) is 13.8 Å². The Bertz CT molecular complexity index is 859. The zero-order chi connectivity index (χ0) is 27.7. The molecule has 202 valence electrons. The zero-order valence-electron chi connectivity index (χ0n) is 21.7. The lowest BCUT2D eigenvalue weighted by atomic mass is 10.0. The van der Waals surface area contributed by atoms with Gasteiger partial charge in [-0.1, -0.05) is 39.8 Å². The van der Waals surface area contributed by atoms with Crippen LogP contribution >= 0.6 is 0 Å². The average Bonchev–Trinajstić information content (AvgIpc) is 2.84. The molecule has 2 atom stereocenters. The minimum absolute atomic E-state index is 0.111. The Morgan fingerprint density at radius 1 is 0.972 bits per heavy atom. The molecule has 0 aromatic heterocycles. The number of esters is 1. The molecule has 0 saturated heterocycles. The maximum Gasteiger partial charge on any atom is 0.312 e. The standard InChI is InChI=1S/C22H34N6O6.C2H6/c1-13(2)19(28-18(30)11-23)21(32)27-17(5-4-10-25-22(24)33)20(31)26-16-8-6-15(7-9-16)12-34-14(3)29;1-2/h6-9,13,17,19H,4-5,10-12,23H2,1-3H3,(H,26,31)(H,27,32)(H,28,30)(H3,24,25,33);1-2H3. The highest BCUT2D eigenvalue weighted by Crippen LogP contribution is 2.12. The minimum Gasteiger partial charge on any atom is -0.461 e. The van der Waals surface area contributed by atoms with E-state index in [2.05, 4.69) is 21.3 Å². The first-order chi connectivity index (χ1) is 17.0. The van der Waals surface area contributed by atoms with Crippen molar-refractivity contribution in [3.05, 3.63) is 29.8 Å². The third kappa shape index (κ3) is 13.3. The first kappa shape index (κ1) is 32.3. The summed E-state index contributed by atoms with van der Waals surface area (Å²) in [6.07, 6.45) is 0.572. The molecule has 0 radical (unpaired) electrons. The van der Waals surface area contributed by atoms with E-state index < -0.39 is 41.8 Å². The summed E-state index contributed by atoms with van der Waals surface area (Å²) < 4.78 is 4.93. The highest BCUT2D eigenvalue weighted by molar-refractivity contribution is 5.98. The summed E-state index contributed by atoms with van der Waals surface area (Å²) in [4.78, 5) is 59.3. The van der Waals surface area contributed by atoms with Crippen molar-refractivity contribution in [1.29, 1.82) is 0 Å². The molecule has 1 aromatic rings. The van der Waals surface area contributed by atoms with Gasteiger partial charge in [0.1, 0.15) is 18.7 Å². The summed E-state index contributed by atoms with van der Waals surface area (Å²) in [6, 6.07) is 4.16. The largest absolute Gasteiger partial charge is 0.461 e. The van der Waals surface area contributed by atoms with Crippen LogP contribution in [0.2, 0.25) is 0 Å². The van der Waals surface area contributed by atoms with Crippen LogP contribution in [0.3, 0.4) is 0 Å². The lowest BCUT2D eigenvalue weighted by Gasteiger charge is -2.25.